The molecule has 2 amide bonds. The topological polar surface area (TPSA) is 79.5 Å². The quantitative estimate of drug-likeness (QED) is 0.369. The van der Waals surface area contributed by atoms with Gasteiger partial charge in [-0.05, 0) is 36.8 Å². The van der Waals surface area contributed by atoms with E-state index < -0.39 is 36.2 Å². The highest BCUT2D eigenvalue weighted by Crippen LogP contribution is 2.30. The van der Waals surface area contributed by atoms with Crippen LogP contribution in [-0.2, 0) is 16.1 Å². The van der Waals surface area contributed by atoms with E-state index in [9.17, 15) is 27.2 Å². The molecule has 0 heterocycles. The van der Waals surface area contributed by atoms with Gasteiger partial charge in [0.2, 0.25) is 0 Å². The first-order valence-corrected chi connectivity index (χ1v) is 8.55. The molecule has 0 aliphatic heterocycles. The van der Waals surface area contributed by atoms with E-state index in [1.807, 2.05) is 5.32 Å². The minimum absolute atomic E-state index is 0.225. The number of urea groups is 1. The maximum Gasteiger partial charge on any atom is 0.436 e. The Morgan fingerprint density at radius 2 is 1.62 bits per heavy atom. The maximum absolute atomic E-state index is 13.9. The zero-order valence-electron chi connectivity index (χ0n) is 15.3. The van der Waals surface area contributed by atoms with Crippen LogP contribution in [0.2, 0.25) is 0 Å². The van der Waals surface area contributed by atoms with Gasteiger partial charge in [0, 0.05) is 12.2 Å². The summed E-state index contributed by atoms with van der Waals surface area (Å²) in [5, 5.41) is 5.89. The predicted octanol–water partition coefficient (Wildman–Crippen LogP) is 3.56. The second-order valence-corrected chi connectivity index (χ2v) is 5.89. The number of alkyl halides is 3. The number of carbonyl (C=O) groups is 2. The molecule has 156 valence electrons. The number of amides is 2. The van der Waals surface area contributed by atoms with Gasteiger partial charge >= 0.3 is 18.2 Å². The smallest absolute Gasteiger partial charge is 0.436 e. The van der Waals surface area contributed by atoms with Gasteiger partial charge in [-0.1, -0.05) is 30.3 Å². The number of ether oxygens (including phenoxy) is 1. The molecule has 3 N–H and O–H groups in total. The van der Waals surface area contributed by atoms with Gasteiger partial charge in [0.1, 0.15) is 5.82 Å². The highest BCUT2D eigenvalue weighted by atomic mass is 19.4. The van der Waals surface area contributed by atoms with Gasteiger partial charge in [-0.2, -0.15) is 13.2 Å². The summed E-state index contributed by atoms with van der Waals surface area (Å²) in [6.45, 7) is 0.504. The van der Waals surface area contributed by atoms with E-state index in [-0.39, 0.29) is 17.9 Å². The van der Waals surface area contributed by atoms with E-state index in [4.69, 9.17) is 0 Å². The standard InChI is InChI=1S/C19H19F4N3O3/c1-2-29-16(27)18(19(21,22)23,24-12-13-8-10-14(20)11-9-13)26-17(28)25-15-6-4-3-5-7-15/h3-11,24H,2,12H2,1H3,(H2,25,26,28). The van der Waals surface area contributed by atoms with Crippen molar-refractivity contribution < 1.29 is 31.9 Å². The molecule has 0 saturated heterocycles. The number of hydrogen-bond acceptors (Lipinski definition) is 4. The minimum Gasteiger partial charge on any atom is -0.463 e. The van der Waals surface area contributed by atoms with Gasteiger partial charge in [-0.25, -0.2) is 14.0 Å². The lowest BCUT2D eigenvalue weighted by Gasteiger charge is -2.34. The van der Waals surface area contributed by atoms with Gasteiger partial charge in [-0.3, -0.25) is 5.32 Å². The van der Waals surface area contributed by atoms with E-state index in [1.54, 1.807) is 23.5 Å². The molecule has 6 nitrogen and oxygen atoms in total. The molecule has 0 radical (unpaired) electrons. The summed E-state index contributed by atoms with van der Waals surface area (Å²) in [6, 6.07) is 11.1. The van der Waals surface area contributed by atoms with E-state index in [0.717, 1.165) is 12.1 Å². The van der Waals surface area contributed by atoms with Crippen LogP contribution >= 0.6 is 0 Å². The van der Waals surface area contributed by atoms with Crippen molar-refractivity contribution in [3.8, 4) is 0 Å². The molecule has 2 aromatic carbocycles. The monoisotopic (exact) mass is 413 g/mol. The first-order chi connectivity index (χ1) is 13.7. The van der Waals surface area contributed by atoms with Gasteiger partial charge < -0.3 is 15.4 Å². The summed E-state index contributed by atoms with van der Waals surface area (Å²) in [4.78, 5) is 24.5. The van der Waals surface area contributed by atoms with Gasteiger partial charge in [0.25, 0.3) is 5.66 Å². The first-order valence-electron chi connectivity index (χ1n) is 8.55. The number of halogens is 4. The zero-order chi connectivity index (χ0) is 21.5. The Labute approximate surface area is 164 Å². The maximum atomic E-state index is 13.9. The van der Waals surface area contributed by atoms with Gasteiger partial charge in [0.15, 0.2) is 0 Å². The minimum atomic E-state index is -5.24. The third-order valence-electron chi connectivity index (χ3n) is 3.81. The first kappa shape index (κ1) is 22.2. The SMILES string of the molecule is CCOC(=O)C(NCc1ccc(F)cc1)(NC(=O)Nc1ccccc1)C(F)(F)F. The van der Waals surface area contributed by atoms with Crippen LogP contribution in [0.3, 0.4) is 0 Å². The molecule has 0 spiro atoms. The fourth-order valence-corrected chi connectivity index (χ4v) is 2.38. The number of benzene rings is 2. The summed E-state index contributed by atoms with van der Waals surface area (Å²) < 4.78 is 59.4. The van der Waals surface area contributed by atoms with Crippen molar-refractivity contribution in [2.75, 3.05) is 11.9 Å². The van der Waals surface area contributed by atoms with Crippen LogP contribution in [0.25, 0.3) is 0 Å². The van der Waals surface area contributed by atoms with Crippen LogP contribution < -0.4 is 16.0 Å². The molecule has 0 aliphatic carbocycles. The van der Waals surface area contributed by atoms with Crippen molar-refractivity contribution in [3.63, 3.8) is 0 Å². The Morgan fingerprint density at radius 3 is 2.17 bits per heavy atom. The molecular formula is C19H19F4N3O3. The molecule has 2 rings (SSSR count). The lowest BCUT2D eigenvalue weighted by atomic mass is 10.1. The van der Waals surface area contributed by atoms with Crippen molar-refractivity contribution in [3.05, 3.63) is 66.0 Å². The summed E-state index contributed by atoms with van der Waals surface area (Å²) in [5.41, 5.74) is -3.03. The Morgan fingerprint density at radius 1 is 1.00 bits per heavy atom. The van der Waals surface area contributed by atoms with Crippen LogP contribution in [0, 0.1) is 5.82 Å². The molecule has 1 atom stereocenters. The largest absolute Gasteiger partial charge is 0.463 e. The molecule has 0 bridgehead atoms. The second-order valence-electron chi connectivity index (χ2n) is 5.89. The number of para-hydroxylation sites is 1. The summed E-state index contributed by atoms with van der Waals surface area (Å²) in [7, 11) is 0. The third kappa shape index (κ3) is 5.67. The third-order valence-corrected chi connectivity index (χ3v) is 3.81. The Bertz CT molecular complexity index is 829. The number of esters is 1. The average Bonchev–Trinajstić information content (AvgIpc) is 2.66. The highest BCUT2D eigenvalue weighted by molar-refractivity contribution is 5.94. The molecular weight excluding hydrogens is 394 g/mol. The van der Waals surface area contributed by atoms with Crippen molar-refractivity contribution in [2.45, 2.75) is 25.3 Å². The number of anilines is 1. The van der Waals surface area contributed by atoms with Crippen LogP contribution in [0.1, 0.15) is 12.5 Å². The average molecular weight is 413 g/mol. The number of carbonyl (C=O) groups excluding carboxylic acids is 2. The summed E-state index contributed by atoms with van der Waals surface area (Å²) >= 11 is 0. The van der Waals surface area contributed by atoms with Crippen molar-refractivity contribution in [2.24, 2.45) is 0 Å². The lowest BCUT2D eigenvalue weighted by molar-refractivity contribution is -0.218. The molecule has 2 aromatic rings. The van der Waals surface area contributed by atoms with Crippen molar-refractivity contribution in [1.82, 2.24) is 10.6 Å². The Hall–Kier alpha value is -3.14. The van der Waals surface area contributed by atoms with E-state index in [0.29, 0.717) is 0 Å². The Kier molecular flexibility index (Phi) is 7.16. The number of rotatable bonds is 7. The van der Waals surface area contributed by atoms with Gasteiger partial charge in [0.05, 0.1) is 6.61 Å². The van der Waals surface area contributed by atoms with E-state index >= 15 is 0 Å². The fourth-order valence-electron chi connectivity index (χ4n) is 2.38. The zero-order valence-corrected chi connectivity index (χ0v) is 15.3. The molecule has 0 fully saturated rings. The lowest BCUT2D eigenvalue weighted by Crippen LogP contribution is -2.73. The van der Waals surface area contributed by atoms with Gasteiger partial charge in [-0.15, -0.1) is 0 Å². The van der Waals surface area contributed by atoms with Crippen LogP contribution in [0.15, 0.2) is 54.6 Å². The van der Waals surface area contributed by atoms with Crippen LogP contribution in [-0.4, -0.2) is 30.4 Å². The number of nitrogens with one attached hydrogen (secondary N) is 3. The molecule has 29 heavy (non-hydrogen) atoms. The van der Waals surface area contributed by atoms with Crippen LogP contribution in [0.4, 0.5) is 28.0 Å². The molecule has 0 aliphatic rings. The summed E-state index contributed by atoms with van der Waals surface area (Å²) in [6.07, 6.45) is -5.24. The van der Waals surface area contributed by atoms with E-state index in [2.05, 4.69) is 10.1 Å². The van der Waals surface area contributed by atoms with Crippen molar-refractivity contribution >= 4 is 17.7 Å². The molecule has 1 unspecified atom stereocenters. The number of hydrogen-bond donors (Lipinski definition) is 3. The Balaban J connectivity index is 2.29. The second kappa shape index (κ2) is 9.37. The van der Waals surface area contributed by atoms with E-state index in [1.165, 1.54) is 31.2 Å². The molecule has 10 heteroatoms. The normalized spacial score (nSPS) is 13.3. The molecule has 0 aromatic heterocycles. The van der Waals surface area contributed by atoms with Crippen LogP contribution in [0.5, 0.6) is 0 Å². The van der Waals surface area contributed by atoms with Crippen molar-refractivity contribution in [1.29, 1.82) is 0 Å². The predicted molar refractivity (Wildman–Crippen MR) is 97.3 cm³/mol. The fraction of sp³-hybridized carbons (Fsp3) is 0.263. The summed E-state index contributed by atoms with van der Waals surface area (Å²) in [5.74, 6) is -2.29. The molecule has 0 saturated carbocycles. The highest BCUT2D eigenvalue weighted by Gasteiger charge is 2.63.